The third kappa shape index (κ3) is 5.08. The third-order valence-electron chi connectivity index (χ3n) is 2.78. The molecule has 6 nitrogen and oxygen atoms in total. The summed E-state index contributed by atoms with van der Waals surface area (Å²) in [4.78, 5) is 25.0. The zero-order chi connectivity index (χ0) is 15.0. The van der Waals surface area contributed by atoms with E-state index in [0.717, 1.165) is 0 Å². The quantitative estimate of drug-likeness (QED) is 0.588. The van der Waals surface area contributed by atoms with Gasteiger partial charge in [0.1, 0.15) is 0 Å². The van der Waals surface area contributed by atoms with Gasteiger partial charge in [-0.3, -0.25) is 14.5 Å². The van der Waals surface area contributed by atoms with Crippen LogP contribution < -0.4 is 5.32 Å². The number of hydrogen-bond acceptors (Lipinski definition) is 5. The third-order valence-corrected chi connectivity index (χ3v) is 2.78. The Bertz CT molecular complexity index is 456. The lowest BCUT2D eigenvalue weighted by molar-refractivity contribution is -0.117. The number of ketones is 1. The first-order valence-corrected chi connectivity index (χ1v) is 6.42. The molecule has 0 heterocycles. The number of amides is 1. The highest BCUT2D eigenvalue weighted by molar-refractivity contribution is 6.04. The number of carbonyl (C=O) groups is 2. The molecule has 0 spiro atoms. The fourth-order valence-electron chi connectivity index (χ4n) is 1.84. The fraction of sp³-hybridized carbons (Fsp3) is 0.429. The molecule has 0 unspecified atom stereocenters. The summed E-state index contributed by atoms with van der Waals surface area (Å²) in [7, 11) is 0. The first-order valence-electron chi connectivity index (χ1n) is 6.42. The molecule has 1 aromatic rings. The van der Waals surface area contributed by atoms with Crippen LogP contribution in [0.3, 0.4) is 0 Å². The number of benzene rings is 1. The largest absolute Gasteiger partial charge is 0.395 e. The molecule has 0 aliphatic heterocycles. The Labute approximate surface area is 118 Å². The molecule has 0 aliphatic carbocycles. The van der Waals surface area contributed by atoms with Crippen molar-refractivity contribution in [3.05, 3.63) is 29.8 Å². The topological polar surface area (TPSA) is 89.9 Å². The number of nitrogens with zero attached hydrogens (tertiary/aromatic N) is 1. The van der Waals surface area contributed by atoms with Crippen molar-refractivity contribution in [2.75, 3.05) is 38.2 Å². The number of hydrogen-bond donors (Lipinski definition) is 3. The van der Waals surface area contributed by atoms with Crippen LogP contribution >= 0.6 is 0 Å². The minimum Gasteiger partial charge on any atom is -0.395 e. The number of aliphatic hydroxyl groups excluding tert-OH is 2. The normalized spacial score (nSPS) is 10.6. The van der Waals surface area contributed by atoms with Crippen molar-refractivity contribution in [1.82, 2.24) is 4.90 Å². The standard InChI is InChI=1S/C14H20N2O4/c1-11(19)12-4-2-3-5-13(12)15-14(20)10-16(6-8-17)7-9-18/h2-5,17-18H,6-10H2,1H3,(H,15,20). The van der Waals surface area contributed by atoms with Gasteiger partial charge in [-0.1, -0.05) is 12.1 Å². The highest BCUT2D eigenvalue weighted by atomic mass is 16.3. The maximum atomic E-state index is 11.9. The van der Waals surface area contributed by atoms with E-state index in [9.17, 15) is 9.59 Å². The lowest BCUT2D eigenvalue weighted by Crippen LogP contribution is -2.37. The number of nitrogens with one attached hydrogen (secondary N) is 1. The molecule has 3 N–H and O–H groups in total. The van der Waals surface area contributed by atoms with Gasteiger partial charge >= 0.3 is 0 Å². The average Bonchev–Trinajstić information content (AvgIpc) is 2.39. The first-order chi connectivity index (χ1) is 9.58. The van der Waals surface area contributed by atoms with Gasteiger partial charge < -0.3 is 15.5 Å². The van der Waals surface area contributed by atoms with Crippen molar-refractivity contribution in [3.8, 4) is 0 Å². The highest BCUT2D eigenvalue weighted by Gasteiger charge is 2.13. The molecule has 1 rings (SSSR count). The van der Waals surface area contributed by atoms with E-state index in [1.54, 1.807) is 29.2 Å². The van der Waals surface area contributed by atoms with Crippen molar-refractivity contribution >= 4 is 17.4 Å². The number of para-hydroxylation sites is 1. The molecule has 1 aromatic carbocycles. The molecule has 0 radical (unpaired) electrons. The van der Waals surface area contributed by atoms with Crippen LogP contribution in [0.5, 0.6) is 0 Å². The molecule has 0 aliphatic rings. The molecule has 0 aromatic heterocycles. The van der Waals surface area contributed by atoms with Gasteiger partial charge in [-0.25, -0.2) is 0 Å². The first kappa shape index (κ1) is 16.3. The lowest BCUT2D eigenvalue weighted by Gasteiger charge is -2.19. The molecule has 0 saturated heterocycles. The minimum absolute atomic E-state index is 0.0490. The monoisotopic (exact) mass is 280 g/mol. The lowest BCUT2D eigenvalue weighted by atomic mass is 10.1. The van der Waals surface area contributed by atoms with E-state index in [2.05, 4.69) is 5.32 Å². The van der Waals surface area contributed by atoms with E-state index in [-0.39, 0.29) is 31.4 Å². The number of aliphatic hydroxyl groups is 2. The van der Waals surface area contributed by atoms with Gasteiger partial charge in [-0.05, 0) is 19.1 Å². The zero-order valence-electron chi connectivity index (χ0n) is 11.5. The van der Waals surface area contributed by atoms with E-state index >= 15 is 0 Å². The summed E-state index contributed by atoms with van der Waals surface area (Å²) in [5.74, 6) is -0.413. The molecule has 6 heteroatoms. The second-order valence-corrected chi connectivity index (χ2v) is 4.37. The summed E-state index contributed by atoms with van der Waals surface area (Å²) in [6.45, 7) is 1.93. The van der Waals surface area contributed by atoms with E-state index in [1.807, 2.05) is 0 Å². The summed E-state index contributed by atoms with van der Waals surface area (Å²) >= 11 is 0. The maximum absolute atomic E-state index is 11.9. The van der Waals surface area contributed by atoms with Crippen LogP contribution in [0.15, 0.2) is 24.3 Å². The SMILES string of the molecule is CC(=O)c1ccccc1NC(=O)CN(CCO)CCO. The molecule has 0 fully saturated rings. The van der Waals surface area contributed by atoms with Crippen molar-refractivity contribution in [3.63, 3.8) is 0 Å². The molecular formula is C14H20N2O4. The molecule has 20 heavy (non-hydrogen) atoms. The van der Waals surface area contributed by atoms with Gasteiger partial charge in [0.15, 0.2) is 5.78 Å². The summed E-state index contributed by atoms with van der Waals surface area (Å²) in [6.07, 6.45) is 0. The molecule has 0 bridgehead atoms. The molecule has 0 saturated carbocycles. The van der Waals surface area contributed by atoms with Crippen LogP contribution in [0.25, 0.3) is 0 Å². The maximum Gasteiger partial charge on any atom is 0.238 e. The summed E-state index contributed by atoms with van der Waals surface area (Å²) in [5.41, 5.74) is 0.926. The number of rotatable bonds is 8. The Balaban J connectivity index is 2.68. The minimum atomic E-state index is -0.291. The summed E-state index contributed by atoms with van der Waals surface area (Å²) in [5, 5.41) is 20.4. The van der Waals surface area contributed by atoms with Gasteiger partial charge in [0, 0.05) is 18.7 Å². The van der Waals surface area contributed by atoms with Crippen LogP contribution in [0, 0.1) is 0 Å². The fourth-order valence-corrected chi connectivity index (χ4v) is 1.84. The molecule has 1 amide bonds. The van der Waals surface area contributed by atoms with E-state index in [1.165, 1.54) is 6.92 Å². The van der Waals surface area contributed by atoms with Crippen LogP contribution in [-0.2, 0) is 4.79 Å². The Morgan fingerprint density at radius 2 is 1.75 bits per heavy atom. The van der Waals surface area contributed by atoms with Crippen LogP contribution in [-0.4, -0.2) is 59.7 Å². The van der Waals surface area contributed by atoms with Crippen molar-refractivity contribution in [2.24, 2.45) is 0 Å². The Morgan fingerprint density at radius 3 is 2.30 bits per heavy atom. The van der Waals surface area contributed by atoms with E-state index in [4.69, 9.17) is 10.2 Å². The van der Waals surface area contributed by atoms with E-state index < -0.39 is 0 Å². The smallest absolute Gasteiger partial charge is 0.238 e. The number of anilines is 1. The average molecular weight is 280 g/mol. The van der Waals surface area contributed by atoms with Crippen LogP contribution in [0.1, 0.15) is 17.3 Å². The van der Waals surface area contributed by atoms with E-state index in [0.29, 0.717) is 24.3 Å². The van der Waals surface area contributed by atoms with Gasteiger partial charge in [0.05, 0.1) is 25.4 Å². The van der Waals surface area contributed by atoms with Gasteiger partial charge in [-0.2, -0.15) is 0 Å². The number of Topliss-reactive ketones (excluding diaryl/α,β-unsaturated/α-hetero) is 1. The second kappa shape index (κ2) is 8.42. The predicted molar refractivity (Wildman–Crippen MR) is 75.7 cm³/mol. The van der Waals surface area contributed by atoms with Gasteiger partial charge in [-0.15, -0.1) is 0 Å². The molecular weight excluding hydrogens is 260 g/mol. The van der Waals surface area contributed by atoms with Crippen molar-refractivity contribution in [2.45, 2.75) is 6.92 Å². The van der Waals surface area contributed by atoms with Gasteiger partial charge in [0.25, 0.3) is 0 Å². The van der Waals surface area contributed by atoms with Crippen molar-refractivity contribution in [1.29, 1.82) is 0 Å². The van der Waals surface area contributed by atoms with Crippen LogP contribution in [0.4, 0.5) is 5.69 Å². The Hall–Kier alpha value is -1.76. The molecule has 110 valence electrons. The predicted octanol–water partition coefficient (Wildman–Crippen LogP) is 0.114. The Kier molecular flexibility index (Phi) is 6.86. The van der Waals surface area contributed by atoms with Crippen molar-refractivity contribution < 1.29 is 19.8 Å². The second-order valence-electron chi connectivity index (χ2n) is 4.37. The van der Waals surface area contributed by atoms with Gasteiger partial charge in [0.2, 0.25) is 5.91 Å². The summed E-state index contributed by atoms with van der Waals surface area (Å²) < 4.78 is 0. The molecule has 0 atom stereocenters. The number of carbonyl (C=O) groups excluding carboxylic acids is 2. The summed E-state index contributed by atoms with van der Waals surface area (Å²) in [6, 6.07) is 6.78. The van der Waals surface area contributed by atoms with Crippen LogP contribution in [0.2, 0.25) is 0 Å². The Morgan fingerprint density at radius 1 is 1.15 bits per heavy atom. The zero-order valence-corrected chi connectivity index (χ0v) is 11.5. The highest BCUT2D eigenvalue weighted by Crippen LogP contribution is 2.15.